The Morgan fingerprint density at radius 1 is 1.33 bits per heavy atom. The molecule has 1 fully saturated rings. The Balaban J connectivity index is 2.26. The van der Waals surface area contributed by atoms with Crippen molar-refractivity contribution in [3.63, 3.8) is 0 Å². The monoisotopic (exact) mass is 254 g/mol. The highest BCUT2D eigenvalue weighted by Gasteiger charge is 2.23. The van der Waals surface area contributed by atoms with Gasteiger partial charge < -0.3 is 11.1 Å². The second-order valence-corrected chi connectivity index (χ2v) is 5.85. The predicted octanol–water partition coefficient (Wildman–Crippen LogP) is 2.98. The van der Waals surface area contributed by atoms with Crippen LogP contribution in [0.25, 0.3) is 0 Å². The molecule has 3 heteroatoms. The van der Waals surface area contributed by atoms with Gasteiger partial charge >= 0.3 is 0 Å². The molecule has 1 aliphatic carbocycles. The van der Waals surface area contributed by atoms with Gasteiger partial charge in [-0.15, -0.1) is 0 Å². The molecule has 0 saturated heterocycles. The lowest BCUT2D eigenvalue weighted by Crippen LogP contribution is -2.40. The van der Waals surface area contributed by atoms with E-state index in [4.69, 9.17) is 5.73 Å². The first-order valence-corrected chi connectivity index (χ1v) is 7.68. The van der Waals surface area contributed by atoms with Gasteiger partial charge in [0.05, 0.1) is 0 Å². The first-order valence-electron chi connectivity index (χ1n) is 7.68. The lowest BCUT2D eigenvalue weighted by Gasteiger charge is -2.30. The van der Waals surface area contributed by atoms with Crippen molar-refractivity contribution in [3.8, 4) is 0 Å². The Labute approximate surface area is 112 Å². The summed E-state index contributed by atoms with van der Waals surface area (Å²) in [4.78, 5) is 11.9. The number of carbonyl (C=O) groups excluding carboxylic acids is 1. The van der Waals surface area contributed by atoms with E-state index < -0.39 is 0 Å². The molecule has 1 rings (SSSR count). The van der Waals surface area contributed by atoms with Crippen LogP contribution in [0.4, 0.5) is 0 Å². The second-order valence-electron chi connectivity index (χ2n) is 5.85. The zero-order valence-corrected chi connectivity index (χ0v) is 12.1. The van der Waals surface area contributed by atoms with Crippen LogP contribution in [0.2, 0.25) is 0 Å². The fourth-order valence-electron chi connectivity index (χ4n) is 2.95. The van der Waals surface area contributed by atoms with E-state index in [1.807, 2.05) is 6.92 Å². The molecule has 18 heavy (non-hydrogen) atoms. The summed E-state index contributed by atoms with van der Waals surface area (Å²) >= 11 is 0. The summed E-state index contributed by atoms with van der Waals surface area (Å²) in [5.41, 5.74) is 5.69. The highest BCUT2D eigenvalue weighted by molar-refractivity contribution is 5.76. The van der Waals surface area contributed by atoms with Crippen molar-refractivity contribution in [2.75, 3.05) is 0 Å². The number of rotatable bonds is 7. The third-order valence-corrected chi connectivity index (χ3v) is 4.07. The van der Waals surface area contributed by atoms with E-state index >= 15 is 0 Å². The molecule has 0 aromatic rings. The van der Waals surface area contributed by atoms with Crippen LogP contribution in [0.15, 0.2) is 0 Å². The van der Waals surface area contributed by atoms with Gasteiger partial charge in [0, 0.05) is 18.5 Å². The molecule has 1 amide bonds. The summed E-state index contributed by atoms with van der Waals surface area (Å²) < 4.78 is 0. The van der Waals surface area contributed by atoms with Crippen molar-refractivity contribution in [3.05, 3.63) is 0 Å². The highest BCUT2D eigenvalue weighted by Crippen LogP contribution is 2.27. The zero-order valence-electron chi connectivity index (χ0n) is 12.1. The summed E-state index contributed by atoms with van der Waals surface area (Å²) in [5, 5.41) is 3.23. The Hall–Kier alpha value is -0.570. The third-order valence-electron chi connectivity index (χ3n) is 4.07. The van der Waals surface area contributed by atoms with E-state index in [1.165, 1.54) is 32.1 Å². The van der Waals surface area contributed by atoms with Gasteiger partial charge in [-0.3, -0.25) is 4.79 Å². The van der Waals surface area contributed by atoms with Gasteiger partial charge in [-0.1, -0.05) is 26.2 Å². The molecule has 0 aliphatic heterocycles. The second kappa shape index (κ2) is 8.52. The normalized spacial score (nSPS) is 20.4. The SMILES string of the molecule is CCC(NC(=O)CCCC(C)N)C1CCCCC1. The Kier molecular flexibility index (Phi) is 7.33. The summed E-state index contributed by atoms with van der Waals surface area (Å²) in [6, 6.07) is 0.603. The number of nitrogens with one attached hydrogen (secondary N) is 1. The minimum absolute atomic E-state index is 0.207. The predicted molar refractivity (Wildman–Crippen MR) is 76.3 cm³/mol. The smallest absolute Gasteiger partial charge is 0.220 e. The molecule has 0 spiro atoms. The molecule has 1 saturated carbocycles. The Bertz CT molecular complexity index is 235. The number of hydrogen-bond donors (Lipinski definition) is 2. The average Bonchev–Trinajstić information content (AvgIpc) is 2.36. The molecule has 0 radical (unpaired) electrons. The van der Waals surface area contributed by atoms with Gasteiger partial charge in [-0.2, -0.15) is 0 Å². The van der Waals surface area contributed by atoms with Gasteiger partial charge in [0.2, 0.25) is 5.91 Å². The third kappa shape index (κ3) is 5.85. The van der Waals surface area contributed by atoms with Crippen molar-refractivity contribution < 1.29 is 4.79 Å². The summed E-state index contributed by atoms with van der Waals surface area (Å²) in [6.45, 7) is 4.18. The molecule has 106 valence electrons. The van der Waals surface area contributed by atoms with Crippen molar-refractivity contribution in [1.82, 2.24) is 5.32 Å². The van der Waals surface area contributed by atoms with Crippen LogP contribution in [0.1, 0.15) is 71.6 Å². The molecule has 0 aromatic carbocycles. The molecule has 3 nitrogen and oxygen atoms in total. The molecule has 0 heterocycles. The quantitative estimate of drug-likeness (QED) is 0.734. The average molecular weight is 254 g/mol. The molecule has 0 bridgehead atoms. The molecule has 2 atom stereocenters. The van der Waals surface area contributed by atoms with E-state index in [0.717, 1.165) is 19.3 Å². The van der Waals surface area contributed by atoms with Crippen molar-refractivity contribution >= 4 is 5.91 Å². The van der Waals surface area contributed by atoms with E-state index in [0.29, 0.717) is 18.4 Å². The van der Waals surface area contributed by atoms with Crippen LogP contribution in [0.3, 0.4) is 0 Å². The summed E-state index contributed by atoms with van der Waals surface area (Å²) in [5.74, 6) is 0.925. The zero-order chi connectivity index (χ0) is 13.4. The van der Waals surface area contributed by atoms with Crippen LogP contribution >= 0.6 is 0 Å². The molecular formula is C15H30N2O. The van der Waals surface area contributed by atoms with Gasteiger partial charge in [-0.05, 0) is 44.9 Å². The number of amides is 1. The molecular weight excluding hydrogens is 224 g/mol. The van der Waals surface area contributed by atoms with Crippen LogP contribution in [0, 0.1) is 5.92 Å². The van der Waals surface area contributed by atoms with Crippen molar-refractivity contribution in [1.29, 1.82) is 0 Å². The van der Waals surface area contributed by atoms with Gasteiger partial charge in [0.25, 0.3) is 0 Å². The van der Waals surface area contributed by atoms with Gasteiger partial charge in [-0.25, -0.2) is 0 Å². The highest BCUT2D eigenvalue weighted by atomic mass is 16.1. The van der Waals surface area contributed by atoms with Crippen LogP contribution in [0.5, 0.6) is 0 Å². The minimum Gasteiger partial charge on any atom is -0.353 e. The van der Waals surface area contributed by atoms with Crippen LogP contribution in [-0.4, -0.2) is 18.0 Å². The lowest BCUT2D eigenvalue weighted by molar-refractivity contribution is -0.122. The number of carbonyl (C=O) groups is 1. The first kappa shape index (κ1) is 15.5. The molecule has 3 N–H and O–H groups in total. The minimum atomic E-state index is 0.207. The molecule has 2 unspecified atom stereocenters. The first-order chi connectivity index (χ1) is 8.63. The van der Waals surface area contributed by atoms with Crippen LogP contribution in [-0.2, 0) is 4.79 Å². The Morgan fingerprint density at radius 2 is 2.00 bits per heavy atom. The summed E-state index contributed by atoms with van der Waals surface area (Å²) in [7, 11) is 0. The summed E-state index contributed by atoms with van der Waals surface area (Å²) in [6.07, 6.45) is 10.2. The van der Waals surface area contributed by atoms with Gasteiger partial charge in [0.1, 0.15) is 0 Å². The topological polar surface area (TPSA) is 55.1 Å². The standard InChI is InChI=1S/C15H30N2O/c1-3-14(13-9-5-4-6-10-13)17-15(18)11-7-8-12(2)16/h12-14H,3-11,16H2,1-2H3,(H,17,18). The molecule has 0 aromatic heterocycles. The number of nitrogens with two attached hydrogens (primary N) is 1. The van der Waals surface area contributed by atoms with Crippen LogP contribution < -0.4 is 11.1 Å². The number of hydrogen-bond acceptors (Lipinski definition) is 2. The van der Waals surface area contributed by atoms with Crippen molar-refractivity contribution in [2.45, 2.75) is 83.7 Å². The van der Waals surface area contributed by atoms with E-state index in [-0.39, 0.29) is 11.9 Å². The fourth-order valence-corrected chi connectivity index (χ4v) is 2.95. The van der Waals surface area contributed by atoms with Gasteiger partial charge in [0.15, 0.2) is 0 Å². The van der Waals surface area contributed by atoms with E-state index in [2.05, 4.69) is 12.2 Å². The van der Waals surface area contributed by atoms with Crippen molar-refractivity contribution in [2.24, 2.45) is 11.7 Å². The maximum absolute atomic E-state index is 11.9. The lowest BCUT2D eigenvalue weighted by atomic mass is 9.83. The Morgan fingerprint density at radius 3 is 2.56 bits per heavy atom. The van der Waals surface area contributed by atoms with E-state index in [9.17, 15) is 4.79 Å². The maximum atomic E-state index is 11.9. The molecule has 1 aliphatic rings. The fraction of sp³-hybridized carbons (Fsp3) is 0.933. The maximum Gasteiger partial charge on any atom is 0.220 e. The van der Waals surface area contributed by atoms with E-state index in [1.54, 1.807) is 0 Å². The largest absolute Gasteiger partial charge is 0.353 e.